The quantitative estimate of drug-likeness (QED) is 0.703. The van der Waals surface area contributed by atoms with Crippen molar-refractivity contribution < 1.29 is 13.9 Å². The van der Waals surface area contributed by atoms with Gasteiger partial charge < -0.3 is 10.1 Å². The van der Waals surface area contributed by atoms with Crippen molar-refractivity contribution in [3.63, 3.8) is 0 Å². The fourth-order valence-electron chi connectivity index (χ4n) is 1.94. The summed E-state index contributed by atoms with van der Waals surface area (Å²) in [6.45, 7) is 1.77. The zero-order valence-corrected chi connectivity index (χ0v) is 10.0. The highest BCUT2D eigenvalue weighted by Crippen LogP contribution is 2.27. The minimum absolute atomic E-state index is 0.0801. The fourth-order valence-corrected chi connectivity index (χ4v) is 1.94. The third-order valence-electron chi connectivity index (χ3n) is 2.99. The Labute approximate surface area is 107 Å². The van der Waals surface area contributed by atoms with Gasteiger partial charge in [0.05, 0.1) is 5.52 Å². The summed E-state index contributed by atoms with van der Waals surface area (Å²) in [6, 6.07) is 6.99. The third kappa shape index (κ3) is 1.93. The van der Waals surface area contributed by atoms with E-state index in [0.717, 1.165) is 11.6 Å². The summed E-state index contributed by atoms with van der Waals surface area (Å²) in [6.07, 6.45) is 0. The molecule has 3 aromatic rings. The zero-order valence-electron chi connectivity index (χ0n) is 10.0. The second-order valence-electron chi connectivity index (χ2n) is 4.37. The Morgan fingerprint density at radius 2 is 1.95 bits per heavy atom. The van der Waals surface area contributed by atoms with Crippen LogP contribution in [0.25, 0.3) is 22.4 Å². The summed E-state index contributed by atoms with van der Waals surface area (Å²) in [4.78, 5) is 6.92. The molecule has 0 aliphatic rings. The zero-order chi connectivity index (χ0) is 13.6. The molecule has 0 fully saturated rings. The molecular weight excluding hydrogens is 250 g/mol. The van der Waals surface area contributed by atoms with Crippen LogP contribution < -0.4 is 0 Å². The molecule has 0 bridgehead atoms. The summed E-state index contributed by atoms with van der Waals surface area (Å²) in [7, 11) is 0. The number of nitrogens with zero attached hydrogens (tertiary/aromatic N) is 1. The first-order valence-corrected chi connectivity index (χ1v) is 5.69. The number of nitrogens with one attached hydrogen (secondary N) is 1. The lowest BCUT2D eigenvalue weighted by Gasteiger charge is -2.00. The van der Waals surface area contributed by atoms with Crippen molar-refractivity contribution in [1.82, 2.24) is 9.97 Å². The number of rotatable bonds is 1. The van der Waals surface area contributed by atoms with Crippen molar-refractivity contribution in [2.24, 2.45) is 0 Å². The van der Waals surface area contributed by atoms with Crippen LogP contribution in [0, 0.1) is 18.6 Å². The van der Waals surface area contributed by atoms with Crippen molar-refractivity contribution in [2.45, 2.75) is 6.92 Å². The number of halogens is 2. The van der Waals surface area contributed by atoms with E-state index in [9.17, 15) is 13.9 Å². The van der Waals surface area contributed by atoms with Gasteiger partial charge in [-0.3, -0.25) is 0 Å². The first-order chi connectivity index (χ1) is 9.04. The molecule has 0 unspecified atom stereocenters. The topological polar surface area (TPSA) is 48.9 Å². The number of hydrogen-bond donors (Lipinski definition) is 2. The van der Waals surface area contributed by atoms with Gasteiger partial charge in [0.1, 0.15) is 22.9 Å². The van der Waals surface area contributed by atoms with Crippen LogP contribution in [-0.2, 0) is 0 Å². The van der Waals surface area contributed by atoms with E-state index in [1.165, 1.54) is 12.1 Å². The summed E-state index contributed by atoms with van der Waals surface area (Å²) in [5.74, 6) is -0.861. The molecule has 1 heterocycles. The number of aromatic amines is 1. The van der Waals surface area contributed by atoms with Crippen molar-refractivity contribution in [1.29, 1.82) is 0 Å². The lowest BCUT2D eigenvalue weighted by molar-refractivity contribution is 0.471. The first kappa shape index (κ1) is 11.6. The van der Waals surface area contributed by atoms with Crippen LogP contribution in [0.5, 0.6) is 5.75 Å². The Bertz CT molecular complexity index is 780. The number of imidazole rings is 1. The Morgan fingerprint density at radius 1 is 1.16 bits per heavy atom. The van der Waals surface area contributed by atoms with Crippen LogP contribution in [0.2, 0.25) is 0 Å². The van der Waals surface area contributed by atoms with Crippen molar-refractivity contribution >= 4 is 11.0 Å². The number of fused-ring (bicyclic) bond motifs is 1. The molecule has 0 spiro atoms. The lowest BCUT2D eigenvalue weighted by atomic mass is 10.1. The highest BCUT2D eigenvalue weighted by Gasteiger charge is 2.11. The van der Waals surface area contributed by atoms with E-state index < -0.39 is 11.6 Å². The number of phenolic OH excluding ortho intramolecular Hbond substituents is 1. The number of aromatic nitrogens is 2. The summed E-state index contributed by atoms with van der Waals surface area (Å²) >= 11 is 0. The molecule has 3 nitrogen and oxygen atoms in total. The summed E-state index contributed by atoms with van der Waals surface area (Å²) in [5, 5.41) is 9.66. The van der Waals surface area contributed by atoms with E-state index in [0.29, 0.717) is 11.4 Å². The number of benzene rings is 2. The number of aryl methyl sites for hydroxylation is 1. The minimum Gasteiger partial charge on any atom is -0.508 e. The molecule has 0 amide bonds. The molecule has 96 valence electrons. The molecule has 19 heavy (non-hydrogen) atoms. The number of phenols is 1. The number of H-pyrrole nitrogens is 1. The Hall–Kier alpha value is -2.43. The smallest absolute Gasteiger partial charge is 0.153 e. The minimum atomic E-state index is -0.714. The van der Waals surface area contributed by atoms with Gasteiger partial charge in [0.2, 0.25) is 0 Å². The van der Waals surface area contributed by atoms with E-state index in [4.69, 9.17) is 0 Å². The molecule has 0 aliphatic heterocycles. The molecule has 0 saturated carbocycles. The number of aromatic hydroxyl groups is 1. The van der Waals surface area contributed by atoms with E-state index in [1.807, 2.05) is 0 Å². The van der Waals surface area contributed by atoms with Crippen molar-refractivity contribution in [3.8, 4) is 17.1 Å². The molecule has 1 aromatic heterocycles. The summed E-state index contributed by atoms with van der Waals surface area (Å²) < 4.78 is 26.6. The van der Waals surface area contributed by atoms with E-state index >= 15 is 0 Å². The molecule has 2 N–H and O–H groups in total. The van der Waals surface area contributed by atoms with Gasteiger partial charge in [0, 0.05) is 11.6 Å². The Balaban J connectivity index is 2.20. The monoisotopic (exact) mass is 260 g/mol. The molecule has 0 saturated heterocycles. The predicted molar refractivity (Wildman–Crippen MR) is 67.8 cm³/mol. The molecule has 0 atom stereocenters. The average molecular weight is 260 g/mol. The molecule has 0 aliphatic carbocycles. The second kappa shape index (κ2) is 4.05. The van der Waals surface area contributed by atoms with E-state index in [-0.39, 0.29) is 16.8 Å². The third-order valence-corrected chi connectivity index (χ3v) is 2.99. The van der Waals surface area contributed by atoms with Gasteiger partial charge in [-0.2, -0.15) is 0 Å². The Kier molecular flexibility index (Phi) is 2.48. The van der Waals surface area contributed by atoms with Gasteiger partial charge in [0.25, 0.3) is 0 Å². The standard InChI is InChI=1S/C14H10F2N2O/c1-7-2-3-8(4-12(7)19)14-17-11-6-9(15)5-10(16)13(11)18-14/h2-6,19H,1H3,(H,17,18). The molecular formula is C14H10F2N2O. The maximum atomic E-state index is 13.5. The van der Waals surface area contributed by atoms with Crippen molar-refractivity contribution in [3.05, 3.63) is 47.5 Å². The second-order valence-corrected chi connectivity index (χ2v) is 4.37. The number of hydrogen-bond acceptors (Lipinski definition) is 2. The van der Waals surface area contributed by atoms with Gasteiger partial charge in [0.15, 0.2) is 5.82 Å². The SMILES string of the molecule is Cc1ccc(-c2nc3c(F)cc(F)cc3[nH]2)cc1O. The highest BCUT2D eigenvalue weighted by atomic mass is 19.1. The normalized spacial score (nSPS) is 11.1. The largest absolute Gasteiger partial charge is 0.508 e. The molecule has 3 rings (SSSR count). The van der Waals surface area contributed by atoms with Crippen LogP contribution in [0.3, 0.4) is 0 Å². The van der Waals surface area contributed by atoms with E-state index in [2.05, 4.69) is 9.97 Å². The van der Waals surface area contributed by atoms with Crippen molar-refractivity contribution in [2.75, 3.05) is 0 Å². The molecule has 5 heteroatoms. The van der Waals surface area contributed by atoms with Gasteiger partial charge in [-0.1, -0.05) is 12.1 Å². The van der Waals surface area contributed by atoms with Gasteiger partial charge in [-0.05, 0) is 24.6 Å². The maximum absolute atomic E-state index is 13.5. The van der Waals surface area contributed by atoms with Crippen LogP contribution in [0.4, 0.5) is 8.78 Å². The Morgan fingerprint density at radius 3 is 2.68 bits per heavy atom. The summed E-state index contributed by atoms with van der Waals surface area (Å²) in [5.41, 5.74) is 1.71. The van der Waals surface area contributed by atoms with Gasteiger partial charge >= 0.3 is 0 Å². The van der Waals surface area contributed by atoms with Crippen LogP contribution in [-0.4, -0.2) is 15.1 Å². The van der Waals surface area contributed by atoms with Crippen LogP contribution in [0.15, 0.2) is 30.3 Å². The first-order valence-electron chi connectivity index (χ1n) is 5.69. The van der Waals surface area contributed by atoms with E-state index in [1.54, 1.807) is 19.1 Å². The predicted octanol–water partition coefficient (Wildman–Crippen LogP) is 3.52. The molecule has 0 radical (unpaired) electrons. The highest BCUT2D eigenvalue weighted by molar-refractivity contribution is 5.80. The van der Waals surface area contributed by atoms with Gasteiger partial charge in [-0.15, -0.1) is 0 Å². The van der Waals surface area contributed by atoms with Crippen LogP contribution >= 0.6 is 0 Å². The lowest BCUT2D eigenvalue weighted by Crippen LogP contribution is -1.82. The maximum Gasteiger partial charge on any atom is 0.153 e. The average Bonchev–Trinajstić information content (AvgIpc) is 2.76. The molecule has 2 aromatic carbocycles. The van der Waals surface area contributed by atoms with Gasteiger partial charge in [-0.25, -0.2) is 13.8 Å². The fraction of sp³-hybridized carbons (Fsp3) is 0.0714. The van der Waals surface area contributed by atoms with Crippen LogP contribution in [0.1, 0.15) is 5.56 Å².